The molecule has 1 aliphatic rings. The number of oxime groups is 1. The monoisotopic (exact) mass is 566 g/mol. The van der Waals surface area contributed by atoms with E-state index < -0.39 is 41.2 Å². The van der Waals surface area contributed by atoms with Gasteiger partial charge in [0, 0.05) is 5.38 Å². The van der Waals surface area contributed by atoms with Crippen LogP contribution in [0.15, 0.2) is 33.8 Å². The van der Waals surface area contributed by atoms with Crippen molar-refractivity contribution >= 4 is 64.3 Å². The fourth-order valence-electron chi connectivity index (χ4n) is 2.61. The van der Waals surface area contributed by atoms with Gasteiger partial charge in [-0.2, -0.15) is 5.10 Å². The van der Waals surface area contributed by atoms with Crippen molar-refractivity contribution in [3.05, 3.63) is 34.8 Å². The average Bonchev–Trinajstić information content (AvgIpc) is 3.28. The average molecular weight is 567 g/mol. The maximum atomic E-state index is 12.8. The van der Waals surface area contributed by atoms with Crippen molar-refractivity contribution in [3.63, 3.8) is 0 Å². The molecule has 18 heteroatoms. The topological polar surface area (TPSA) is 241 Å². The number of β-lactam (4-membered cyclic amide) rings is 1. The molecule has 0 spiro atoms. The number of amides is 4. The number of aliphatic carboxylic acids is 1. The first kappa shape index (κ1) is 28.0. The highest BCUT2D eigenvalue weighted by Crippen LogP contribution is 2.24. The largest absolute Gasteiger partial charge is 0.504 e. The molecule has 2 heterocycles. The van der Waals surface area contributed by atoms with Gasteiger partial charge < -0.3 is 31.2 Å². The van der Waals surface area contributed by atoms with E-state index in [1.165, 1.54) is 43.6 Å². The maximum absolute atomic E-state index is 12.8. The Kier molecular flexibility index (Phi) is 8.58. The van der Waals surface area contributed by atoms with Gasteiger partial charge in [0.2, 0.25) is 5.60 Å². The van der Waals surface area contributed by atoms with E-state index in [2.05, 4.69) is 30.1 Å². The van der Waals surface area contributed by atoms with Crippen molar-refractivity contribution in [2.45, 2.75) is 25.5 Å². The minimum Gasteiger partial charge on any atom is -0.504 e. The number of nitrogens with zero attached hydrogens (tertiary/aromatic N) is 4. The predicted molar refractivity (Wildman–Crippen MR) is 136 cm³/mol. The Bertz CT molecular complexity index is 1310. The third-order valence-corrected chi connectivity index (χ3v) is 5.94. The molecule has 2 aromatic rings. The Balaban J connectivity index is 1.51. The molecule has 1 aromatic heterocycles. The van der Waals surface area contributed by atoms with Crippen LogP contribution in [0.2, 0.25) is 0 Å². The van der Waals surface area contributed by atoms with E-state index in [4.69, 9.17) is 10.6 Å². The van der Waals surface area contributed by atoms with Gasteiger partial charge in [0.25, 0.3) is 11.8 Å². The zero-order valence-electron chi connectivity index (χ0n) is 19.7. The first-order chi connectivity index (χ1) is 17.9. The Morgan fingerprint density at radius 1 is 1.32 bits per heavy atom. The number of aromatic hydroxyl groups is 2. The minimum atomic E-state index is -1.75. The number of hydrazone groups is 1. The summed E-state index contributed by atoms with van der Waals surface area (Å²) in [5, 5.41) is 39.3. The number of carboxylic acid groups (broad SMARTS) is 1. The number of thiazole rings is 1. The number of nitrogens with two attached hydrogens (primary N) is 1. The van der Waals surface area contributed by atoms with Crippen LogP contribution in [0.4, 0.5) is 9.93 Å². The van der Waals surface area contributed by atoms with Crippen molar-refractivity contribution in [1.82, 2.24) is 24.8 Å². The molecule has 1 atom stereocenters. The molecular weight excluding hydrogens is 544 g/mol. The van der Waals surface area contributed by atoms with Gasteiger partial charge >= 0.3 is 12.0 Å². The van der Waals surface area contributed by atoms with E-state index in [1.807, 2.05) is 0 Å². The highest BCUT2D eigenvalue weighted by atomic mass is 32.2. The molecule has 1 fully saturated rings. The van der Waals surface area contributed by atoms with Gasteiger partial charge in [-0.05, 0) is 37.6 Å². The molecule has 16 nitrogen and oxygen atoms in total. The predicted octanol–water partition coefficient (Wildman–Crippen LogP) is -0.0561. The summed E-state index contributed by atoms with van der Waals surface area (Å²) in [6.45, 7) is 2.30. The zero-order valence-corrected chi connectivity index (χ0v) is 21.4. The summed E-state index contributed by atoms with van der Waals surface area (Å²) >= 11 is 1.67. The second kappa shape index (κ2) is 11.6. The fraction of sp³-hybridized carbons (Fsp3) is 0.250. The number of aromatic nitrogens is 1. The quantitative estimate of drug-likeness (QED) is 0.0500. The van der Waals surface area contributed by atoms with E-state index in [1.54, 1.807) is 0 Å². The second-order valence-corrected chi connectivity index (χ2v) is 9.48. The maximum Gasteiger partial charge on any atom is 0.350 e. The molecule has 1 saturated heterocycles. The number of rotatable bonds is 10. The Labute approximate surface area is 222 Å². The normalized spacial score (nSPS) is 15.6. The lowest BCUT2D eigenvalue weighted by Crippen LogP contribution is -2.67. The van der Waals surface area contributed by atoms with Crippen LogP contribution in [0.1, 0.15) is 25.1 Å². The highest BCUT2D eigenvalue weighted by molar-refractivity contribution is 7.95. The smallest absolute Gasteiger partial charge is 0.350 e. The summed E-state index contributed by atoms with van der Waals surface area (Å²) in [5.41, 5.74) is 3.93. The third-order valence-electron chi connectivity index (χ3n) is 4.79. The molecule has 3 rings (SSSR count). The second-order valence-electron chi connectivity index (χ2n) is 8.00. The number of carbonyl (C=O) groups is 4. The summed E-state index contributed by atoms with van der Waals surface area (Å²) in [7, 11) is 0. The van der Waals surface area contributed by atoms with Crippen LogP contribution >= 0.6 is 23.5 Å². The van der Waals surface area contributed by atoms with Crippen LogP contribution in [-0.4, -0.2) is 79.1 Å². The van der Waals surface area contributed by atoms with Crippen molar-refractivity contribution in [1.29, 1.82) is 0 Å². The molecule has 0 saturated carbocycles. The number of likely N-dealkylation sites (tertiary alicyclic amines) is 1. The number of phenolic OH excluding ortho intramolecular Hbond substituents is 2. The fourth-order valence-corrected chi connectivity index (χ4v) is 3.51. The van der Waals surface area contributed by atoms with Gasteiger partial charge in [-0.25, -0.2) is 19.4 Å². The standard InChI is InChI=1S/C20H22N8O8S2/c1-20(2,17(33)34)36-25-14(11-8-37-18(21)24-11)15(31)23-10-7-28(16(10)32)19(35)26-38-27-22-6-9-3-4-12(29)13(30)5-9/h3-6,8,10,27,29-30H,7H2,1-2H3,(H2,21,24)(H,23,31)(H,26,35)(H,33,34)/t10-/m0/s1. The number of nitrogen functional groups attached to an aromatic ring is 1. The van der Waals surface area contributed by atoms with E-state index in [9.17, 15) is 34.5 Å². The third kappa shape index (κ3) is 6.79. The number of hydrogen-bond donors (Lipinski definition) is 7. The number of urea groups is 1. The van der Waals surface area contributed by atoms with E-state index in [0.29, 0.717) is 17.7 Å². The van der Waals surface area contributed by atoms with Crippen LogP contribution in [0, 0.1) is 0 Å². The van der Waals surface area contributed by atoms with E-state index in [0.717, 1.165) is 16.2 Å². The number of imide groups is 1. The van der Waals surface area contributed by atoms with Crippen LogP contribution in [0.5, 0.6) is 11.5 Å². The highest BCUT2D eigenvalue weighted by Gasteiger charge is 2.42. The molecule has 8 N–H and O–H groups in total. The van der Waals surface area contributed by atoms with Crippen LogP contribution in [0.3, 0.4) is 0 Å². The first-order valence-electron chi connectivity index (χ1n) is 10.5. The molecule has 0 bridgehead atoms. The minimum absolute atomic E-state index is 0.0121. The number of anilines is 1. The van der Waals surface area contributed by atoms with Crippen molar-refractivity contribution in [2.24, 2.45) is 10.3 Å². The van der Waals surface area contributed by atoms with Crippen molar-refractivity contribution in [2.75, 3.05) is 12.3 Å². The lowest BCUT2D eigenvalue weighted by atomic mass is 10.1. The van der Waals surface area contributed by atoms with Gasteiger partial charge in [0.05, 0.1) is 24.9 Å². The summed E-state index contributed by atoms with van der Waals surface area (Å²) in [6.07, 6.45) is 1.31. The van der Waals surface area contributed by atoms with Crippen LogP contribution in [-0.2, 0) is 19.2 Å². The summed E-state index contributed by atoms with van der Waals surface area (Å²) < 4.78 is 2.33. The number of nitrogens with one attached hydrogen (secondary N) is 3. The SMILES string of the molecule is CC(C)(ON=C(C(=O)N[C@H]1CN(C(=O)NSNN=Cc2ccc(O)c(O)c2)C1=O)c1csc(N)n1)C(=O)O. The molecule has 202 valence electrons. The first-order valence-corrected chi connectivity index (χ1v) is 12.2. The molecule has 1 aliphatic heterocycles. The number of phenols is 2. The molecule has 0 radical (unpaired) electrons. The lowest BCUT2D eigenvalue weighted by Gasteiger charge is -2.36. The van der Waals surface area contributed by atoms with Crippen LogP contribution < -0.4 is 20.6 Å². The Morgan fingerprint density at radius 3 is 2.66 bits per heavy atom. The number of hydrogen-bond acceptors (Lipinski definition) is 14. The Hall–Kier alpha value is -4.58. The summed E-state index contributed by atoms with van der Waals surface area (Å²) in [6, 6.07) is 2.22. The number of carbonyl (C=O) groups excluding carboxylic acids is 3. The van der Waals surface area contributed by atoms with Crippen molar-refractivity contribution < 1.29 is 39.3 Å². The molecule has 0 aliphatic carbocycles. The zero-order chi connectivity index (χ0) is 28.0. The van der Waals surface area contributed by atoms with E-state index in [-0.39, 0.29) is 28.9 Å². The lowest BCUT2D eigenvalue weighted by molar-refractivity contribution is -0.161. The molecule has 38 heavy (non-hydrogen) atoms. The molecule has 0 unspecified atom stereocenters. The van der Waals surface area contributed by atoms with Gasteiger partial charge in [-0.3, -0.25) is 19.2 Å². The van der Waals surface area contributed by atoms with Gasteiger partial charge in [0.15, 0.2) is 22.3 Å². The van der Waals surface area contributed by atoms with Gasteiger partial charge in [-0.1, -0.05) is 5.16 Å². The Morgan fingerprint density at radius 2 is 2.05 bits per heavy atom. The number of carboxylic acids is 1. The molecule has 4 amide bonds. The number of benzene rings is 1. The van der Waals surface area contributed by atoms with Crippen molar-refractivity contribution in [3.8, 4) is 11.5 Å². The van der Waals surface area contributed by atoms with Gasteiger partial charge in [0.1, 0.15) is 11.7 Å². The molecular formula is C20H22N8O8S2. The van der Waals surface area contributed by atoms with E-state index >= 15 is 0 Å². The van der Waals surface area contributed by atoms with Crippen LogP contribution in [0.25, 0.3) is 0 Å². The molecule has 1 aromatic carbocycles. The summed E-state index contributed by atoms with van der Waals surface area (Å²) in [4.78, 5) is 60.9. The van der Waals surface area contributed by atoms with Gasteiger partial charge in [-0.15, -0.1) is 11.3 Å². The summed E-state index contributed by atoms with van der Waals surface area (Å²) in [5.74, 6) is -3.52.